The number of hydrogen-bond donors (Lipinski definition) is 2. The van der Waals surface area contributed by atoms with Crippen LogP contribution in [0.5, 0.6) is 0 Å². The number of para-hydroxylation sites is 1. The minimum absolute atomic E-state index is 0.0687. The summed E-state index contributed by atoms with van der Waals surface area (Å²) in [5, 5.41) is 11.4. The summed E-state index contributed by atoms with van der Waals surface area (Å²) in [7, 11) is 1.69. The molecule has 0 bridgehead atoms. The molecular weight excluding hydrogens is 401 g/mol. The third kappa shape index (κ3) is 3.19. The summed E-state index contributed by atoms with van der Waals surface area (Å²) in [5.41, 5.74) is 4.89. The van der Waals surface area contributed by atoms with Crippen LogP contribution in [-0.2, 0) is 18.0 Å². The predicted octanol–water partition coefficient (Wildman–Crippen LogP) is 2.37. The van der Waals surface area contributed by atoms with Crippen molar-refractivity contribution in [3.05, 3.63) is 36.0 Å². The molecule has 4 rings (SSSR count). The lowest BCUT2D eigenvalue weighted by atomic mass is 10.1. The van der Waals surface area contributed by atoms with E-state index in [0.717, 1.165) is 6.07 Å². The topological polar surface area (TPSA) is 116 Å². The average Bonchev–Trinajstić information content (AvgIpc) is 3.30. The molecular formula is C18H17F3N8O. The maximum Gasteiger partial charge on any atom is 0.418 e. The van der Waals surface area contributed by atoms with Crippen molar-refractivity contribution in [2.45, 2.75) is 25.6 Å². The second-order valence-corrected chi connectivity index (χ2v) is 6.65. The zero-order valence-corrected chi connectivity index (χ0v) is 16.0. The van der Waals surface area contributed by atoms with Gasteiger partial charge in [-0.05, 0) is 24.6 Å². The SMILES string of the molecule is CC[C@@H](Nc1nc2c(C(F)(F)F)cccc2c2nc(-c3ccnn3C)nn12)C(N)=O. The van der Waals surface area contributed by atoms with E-state index in [-0.39, 0.29) is 28.3 Å². The van der Waals surface area contributed by atoms with Gasteiger partial charge in [0.1, 0.15) is 11.7 Å². The Balaban J connectivity index is 2.04. The molecule has 30 heavy (non-hydrogen) atoms. The minimum Gasteiger partial charge on any atom is -0.368 e. The van der Waals surface area contributed by atoms with Crippen molar-refractivity contribution in [3.63, 3.8) is 0 Å². The van der Waals surface area contributed by atoms with Crippen LogP contribution in [0.4, 0.5) is 19.1 Å². The van der Waals surface area contributed by atoms with Crippen LogP contribution in [-0.4, -0.2) is 41.3 Å². The van der Waals surface area contributed by atoms with Crippen LogP contribution in [0.3, 0.4) is 0 Å². The Morgan fingerprint density at radius 1 is 1.27 bits per heavy atom. The molecule has 3 heterocycles. The van der Waals surface area contributed by atoms with Gasteiger partial charge in [0.25, 0.3) is 0 Å². The van der Waals surface area contributed by atoms with Crippen LogP contribution in [0.25, 0.3) is 28.1 Å². The standard InChI is InChI=1S/C18H17F3N8O/c1-3-11(14(22)30)24-17-25-13-9(5-4-6-10(13)18(19,20)21)16-26-15(27-29(16)17)12-7-8-23-28(12)2/h4-8,11H,3H2,1-2H3,(H2,22,30)(H,24,25)/t11-/m1/s1. The number of anilines is 1. The van der Waals surface area contributed by atoms with Crippen LogP contribution < -0.4 is 11.1 Å². The van der Waals surface area contributed by atoms with E-state index in [0.29, 0.717) is 12.1 Å². The van der Waals surface area contributed by atoms with E-state index in [1.54, 1.807) is 26.2 Å². The highest BCUT2D eigenvalue weighted by Gasteiger charge is 2.34. The van der Waals surface area contributed by atoms with Gasteiger partial charge in [-0.2, -0.15) is 22.8 Å². The Hall–Kier alpha value is -3.70. The molecule has 0 spiro atoms. The number of fused-ring (bicyclic) bond motifs is 3. The molecule has 9 nitrogen and oxygen atoms in total. The van der Waals surface area contributed by atoms with Gasteiger partial charge in [0.2, 0.25) is 17.7 Å². The molecule has 1 aromatic carbocycles. The summed E-state index contributed by atoms with van der Waals surface area (Å²) in [5.74, 6) is -0.485. The number of nitrogens with one attached hydrogen (secondary N) is 1. The van der Waals surface area contributed by atoms with Crippen molar-refractivity contribution in [1.29, 1.82) is 0 Å². The molecule has 0 radical (unpaired) electrons. The van der Waals surface area contributed by atoms with E-state index in [9.17, 15) is 18.0 Å². The molecule has 0 aliphatic carbocycles. The Kier molecular flexibility index (Phi) is 4.56. The maximum atomic E-state index is 13.6. The molecule has 0 aliphatic heterocycles. The number of carbonyl (C=O) groups excluding carboxylic acids is 1. The Bertz CT molecular complexity index is 1260. The number of aryl methyl sites for hydroxylation is 1. The van der Waals surface area contributed by atoms with Gasteiger partial charge in [0, 0.05) is 18.6 Å². The highest BCUT2D eigenvalue weighted by atomic mass is 19.4. The van der Waals surface area contributed by atoms with E-state index in [2.05, 4.69) is 25.5 Å². The number of aromatic nitrogens is 6. The minimum atomic E-state index is -4.62. The van der Waals surface area contributed by atoms with E-state index in [4.69, 9.17) is 5.73 Å². The molecule has 3 N–H and O–H groups in total. The maximum absolute atomic E-state index is 13.6. The van der Waals surface area contributed by atoms with E-state index < -0.39 is 23.7 Å². The Morgan fingerprint density at radius 3 is 2.63 bits per heavy atom. The van der Waals surface area contributed by atoms with Crippen molar-refractivity contribution >= 4 is 28.4 Å². The third-order valence-corrected chi connectivity index (χ3v) is 4.71. The summed E-state index contributed by atoms with van der Waals surface area (Å²) in [6, 6.07) is 4.55. The van der Waals surface area contributed by atoms with E-state index in [1.165, 1.54) is 21.3 Å². The molecule has 3 aromatic heterocycles. The largest absolute Gasteiger partial charge is 0.418 e. The zero-order valence-electron chi connectivity index (χ0n) is 16.0. The number of primary amides is 1. The Labute approximate surface area is 167 Å². The summed E-state index contributed by atoms with van der Waals surface area (Å²) in [4.78, 5) is 20.3. The van der Waals surface area contributed by atoms with Crippen LogP contribution in [0.15, 0.2) is 30.5 Å². The second kappa shape index (κ2) is 6.97. The number of amides is 1. The zero-order chi connectivity index (χ0) is 21.6. The third-order valence-electron chi connectivity index (χ3n) is 4.71. The number of alkyl halides is 3. The fourth-order valence-electron chi connectivity index (χ4n) is 3.19. The van der Waals surface area contributed by atoms with E-state index in [1.807, 2.05) is 0 Å². The lowest BCUT2D eigenvalue weighted by molar-refractivity contribution is -0.136. The number of nitrogens with zero attached hydrogens (tertiary/aromatic N) is 6. The first-order valence-electron chi connectivity index (χ1n) is 9.01. The first-order valence-corrected chi connectivity index (χ1v) is 9.01. The van der Waals surface area contributed by atoms with E-state index >= 15 is 0 Å². The molecule has 0 aliphatic rings. The molecule has 0 saturated heterocycles. The number of benzene rings is 1. The summed E-state index contributed by atoms with van der Waals surface area (Å²) in [6.45, 7) is 1.71. The van der Waals surface area contributed by atoms with Gasteiger partial charge in [-0.3, -0.25) is 9.48 Å². The first kappa shape index (κ1) is 19.6. The molecule has 1 amide bonds. The number of nitrogens with two attached hydrogens (primary N) is 1. The van der Waals surface area contributed by atoms with Gasteiger partial charge < -0.3 is 11.1 Å². The molecule has 156 valence electrons. The number of halogens is 3. The van der Waals surface area contributed by atoms with Gasteiger partial charge in [-0.15, -0.1) is 5.10 Å². The molecule has 12 heteroatoms. The van der Waals surface area contributed by atoms with Crippen LogP contribution >= 0.6 is 0 Å². The predicted molar refractivity (Wildman–Crippen MR) is 102 cm³/mol. The fourth-order valence-corrected chi connectivity index (χ4v) is 3.19. The highest BCUT2D eigenvalue weighted by Crippen LogP contribution is 2.36. The number of hydrogen-bond acceptors (Lipinski definition) is 6. The van der Waals surface area contributed by atoms with Gasteiger partial charge in [0.15, 0.2) is 5.65 Å². The first-order chi connectivity index (χ1) is 14.2. The molecule has 0 unspecified atom stereocenters. The van der Waals surface area contributed by atoms with Crippen LogP contribution in [0, 0.1) is 0 Å². The number of rotatable bonds is 5. The van der Waals surface area contributed by atoms with Crippen molar-refractivity contribution < 1.29 is 18.0 Å². The average molecular weight is 418 g/mol. The number of carbonyl (C=O) groups is 1. The summed E-state index contributed by atoms with van der Waals surface area (Å²) < 4.78 is 43.6. The van der Waals surface area contributed by atoms with Crippen molar-refractivity contribution in [3.8, 4) is 11.5 Å². The van der Waals surface area contributed by atoms with Gasteiger partial charge >= 0.3 is 6.18 Å². The normalized spacial score (nSPS) is 13.1. The fraction of sp³-hybridized carbons (Fsp3) is 0.278. The van der Waals surface area contributed by atoms with Gasteiger partial charge in [-0.25, -0.2) is 9.97 Å². The smallest absolute Gasteiger partial charge is 0.368 e. The van der Waals surface area contributed by atoms with Crippen molar-refractivity contribution in [1.82, 2.24) is 29.4 Å². The van der Waals surface area contributed by atoms with Crippen molar-refractivity contribution in [2.75, 3.05) is 5.32 Å². The second-order valence-electron chi connectivity index (χ2n) is 6.65. The highest BCUT2D eigenvalue weighted by molar-refractivity contribution is 5.95. The molecule has 1 atom stereocenters. The van der Waals surface area contributed by atoms with Crippen LogP contribution in [0.2, 0.25) is 0 Å². The van der Waals surface area contributed by atoms with Crippen LogP contribution in [0.1, 0.15) is 18.9 Å². The lowest BCUT2D eigenvalue weighted by Gasteiger charge is -2.16. The van der Waals surface area contributed by atoms with Crippen molar-refractivity contribution in [2.24, 2.45) is 12.8 Å². The molecule has 0 saturated carbocycles. The Morgan fingerprint density at radius 2 is 2.03 bits per heavy atom. The van der Waals surface area contributed by atoms with Gasteiger partial charge in [-0.1, -0.05) is 13.0 Å². The summed E-state index contributed by atoms with van der Waals surface area (Å²) >= 11 is 0. The lowest BCUT2D eigenvalue weighted by Crippen LogP contribution is -2.35. The quantitative estimate of drug-likeness (QED) is 0.514. The molecule has 4 aromatic rings. The molecule has 0 fully saturated rings. The van der Waals surface area contributed by atoms with Gasteiger partial charge in [0.05, 0.1) is 11.1 Å². The summed E-state index contributed by atoms with van der Waals surface area (Å²) in [6.07, 6.45) is -2.76. The monoisotopic (exact) mass is 418 g/mol.